The van der Waals surface area contributed by atoms with Crippen LogP contribution in [-0.4, -0.2) is 46.5 Å². The summed E-state index contributed by atoms with van der Waals surface area (Å²) in [6, 6.07) is 0. The number of hydrogen-bond acceptors (Lipinski definition) is 3. The zero-order valence-electron chi connectivity index (χ0n) is 12.0. The standard InChI is InChI=1S/C14H24N4O/c1-3-5-6-13(19)17-9-11-18(12-10-17)14-15-7-8-16(14)4-2/h7-8H,3-6,9-12H2,1-2H3. The van der Waals surface area contributed by atoms with Gasteiger partial charge in [0.05, 0.1) is 0 Å². The molecule has 5 nitrogen and oxygen atoms in total. The highest BCUT2D eigenvalue weighted by Gasteiger charge is 2.22. The molecule has 1 fully saturated rings. The van der Waals surface area contributed by atoms with Gasteiger partial charge in [-0.3, -0.25) is 4.79 Å². The first-order chi connectivity index (χ1) is 9.26. The third-order valence-corrected chi connectivity index (χ3v) is 3.69. The van der Waals surface area contributed by atoms with Gasteiger partial charge in [-0.2, -0.15) is 0 Å². The smallest absolute Gasteiger partial charge is 0.222 e. The van der Waals surface area contributed by atoms with Crippen molar-refractivity contribution in [2.75, 3.05) is 31.1 Å². The molecule has 0 atom stereocenters. The minimum absolute atomic E-state index is 0.306. The predicted molar refractivity (Wildman–Crippen MR) is 76.2 cm³/mol. The second-order valence-corrected chi connectivity index (χ2v) is 4.98. The van der Waals surface area contributed by atoms with Crippen molar-refractivity contribution in [2.45, 2.75) is 39.7 Å². The van der Waals surface area contributed by atoms with Gasteiger partial charge in [0, 0.05) is 51.5 Å². The Morgan fingerprint density at radius 2 is 2.00 bits per heavy atom. The van der Waals surface area contributed by atoms with Gasteiger partial charge in [0.2, 0.25) is 11.9 Å². The Morgan fingerprint density at radius 3 is 2.63 bits per heavy atom. The molecular weight excluding hydrogens is 240 g/mol. The van der Waals surface area contributed by atoms with Crippen molar-refractivity contribution >= 4 is 11.9 Å². The van der Waals surface area contributed by atoms with E-state index in [1.807, 2.05) is 17.3 Å². The number of carbonyl (C=O) groups is 1. The first-order valence-electron chi connectivity index (χ1n) is 7.30. The van der Waals surface area contributed by atoms with Gasteiger partial charge in [-0.15, -0.1) is 0 Å². The van der Waals surface area contributed by atoms with Gasteiger partial charge in [-0.1, -0.05) is 13.3 Å². The number of imidazole rings is 1. The van der Waals surface area contributed by atoms with Gasteiger partial charge in [0.1, 0.15) is 0 Å². The zero-order valence-corrected chi connectivity index (χ0v) is 12.0. The first kappa shape index (κ1) is 13.9. The molecule has 1 aromatic heterocycles. The molecule has 1 aromatic rings. The van der Waals surface area contributed by atoms with E-state index in [1.54, 1.807) is 0 Å². The largest absolute Gasteiger partial charge is 0.339 e. The van der Waals surface area contributed by atoms with Gasteiger partial charge >= 0.3 is 0 Å². The molecule has 1 aliphatic heterocycles. The van der Waals surface area contributed by atoms with Gasteiger partial charge in [-0.05, 0) is 13.3 Å². The summed E-state index contributed by atoms with van der Waals surface area (Å²) in [7, 11) is 0. The lowest BCUT2D eigenvalue weighted by molar-refractivity contribution is -0.131. The Hall–Kier alpha value is -1.52. The van der Waals surface area contributed by atoms with Gasteiger partial charge in [0.15, 0.2) is 0 Å². The fourth-order valence-electron chi connectivity index (χ4n) is 2.47. The van der Waals surface area contributed by atoms with Crippen molar-refractivity contribution < 1.29 is 4.79 Å². The molecule has 0 bridgehead atoms. The number of nitrogens with zero attached hydrogens (tertiary/aromatic N) is 4. The summed E-state index contributed by atoms with van der Waals surface area (Å²) in [6.45, 7) is 8.58. The Morgan fingerprint density at radius 1 is 1.26 bits per heavy atom. The van der Waals surface area contributed by atoms with E-state index < -0.39 is 0 Å². The number of hydrogen-bond donors (Lipinski definition) is 0. The molecule has 0 unspecified atom stereocenters. The summed E-state index contributed by atoms with van der Waals surface area (Å²) in [5.41, 5.74) is 0. The maximum absolute atomic E-state index is 12.0. The van der Waals surface area contributed by atoms with E-state index in [-0.39, 0.29) is 0 Å². The van der Waals surface area contributed by atoms with E-state index in [0.717, 1.165) is 51.5 Å². The molecule has 2 heterocycles. The molecule has 1 aliphatic rings. The van der Waals surface area contributed by atoms with Crippen molar-refractivity contribution in [3.8, 4) is 0 Å². The molecule has 5 heteroatoms. The normalized spacial score (nSPS) is 15.9. The minimum Gasteiger partial charge on any atom is -0.339 e. The molecule has 0 spiro atoms. The Kier molecular flexibility index (Phi) is 4.82. The number of amides is 1. The lowest BCUT2D eigenvalue weighted by atomic mass is 10.2. The second kappa shape index (κ2) is 6.59. The number of anilines is 1. The maximum atomic E-state index is 12.0. The van der Waals surface area contributed by atoms with Crippen LogP contribution in [0.15, 0.2) is 12.4 Å². The molecule has 2 rings (SSSR count). The highest BCUT2D eigenvalue weighted by atomic mass is 16.2. The highest BCUT2D eigenvalue weighted by Crippen LogP contribution is 2.15. The molecule has 106 valence electrons. The number of rotatable bonds is 5. The van der Waals surface area contributed by atoms with E-state index in [1.165, 1.54) is 0 Å². The molecule has 1 saturated heterocycles. The average molecular weight is 264 g/mol. The summed E-state index contributed by atoms with van der Waals surface area (Å²) < 4.78 is 2.15. The Labute approximate surface area is 115 Å². The summed E-state index contributed by atoms with van der Waals surface area (Å²) in [5.74, 6) is 1.34. The summed E-state index contributed by atoms with van der Waals surface area (Å²) in [4.78, 5) is 20.6. The van der Waals surface area contributed by atoms with Crippen LogP contribution in [0.25, 0.3) is 0 Å². The number of aromatic nitrogens is 2. The van der Waals surface area contributed by atoms with Gasteiger partial charge < -0.3 is 14.4 Å². The molecule has 0 aromatic carbocycles. The van der Waals surface area contributed by atoms with Crippen LogP contribution >= 0.6 is 0 Å². The lowest BCUT2D eigenvalue weighted by Gasteiger charge is -2.35. The van der Waals surface area contributed by atoms with Crippen LogP contribution in [0.2, 0.25) is 0 Å². The molecule has 0 radical (unpaired) electrons. The van der Waals surface area contributed by atoms with Crippen molar-refractivity contribution in [1.29, 1.82) is 0 Å². The van der Waals surface area contributed by atoms with E-state index in [4.69, 9.17) is 0 Å². The Bertz CT molecular complexity index is 407. The van der Waals surface area contributed by atoms with Crippen molar-refractivity contribution in [3.63, 3.8) is 0 Å². The monoisotopic (exact) mass is 264 g/mol. The quantitative estimate of drug-likeness (QED) is 0.813. The van der Waals surface area contributed by atoms with Crippen LogP contribution in [0.1, 0.15) is 33.1 Å². The molecule has 19 heavy (non-hydrogen) atoms. The fourth-order valence-corrected chi connectivity index (χ4v) is 2.47. The summed E-state index contributed by atoms with van der Waals surface area (Å²) in [5, 5.41) is 0. The molecular formula is C14H24N4O. The topological polar surface area (TPSA) is 41.4 Å². The third kappa shape index (κ3) is 3.28. The lowest BCUT2D eigenvalue weighted by Crippen LogP contribution is -2.49. The van der Waals surface area contributed by atoms with Crippen LogP contribution in [0, 0.1) is 0 Å². The van der Waals surface area contributed by atoms with Crippen LogP contribution < -0.4 is 4.90 Å². The second-order valence-electron chi connectivity index (χ2n) is 4.98. The summed E-state index contributed by atoms with van der Waals surface area (Å²) in [6.07, 6.45) is 6.63. The predicted octanol–water partition coefficient (Wildman–Crippen LogP) is 1.74. The van der Waals surface area contributed by atoms with Crippen molar-refractivity contribution in [3.05, 3.63) is 12.4 Å². The van der Waals surface area contributed by atoms with Crippen molar-refractivity contribution in [2.24, 2.45) is 0 Å². The summed E-state index contributed by atoms with van der Waals surface area (Å²) >= 11 is 0. The average Bonchev–Trinajstić information content (AvgIpc) is 2.93. The number of carbonyl (C=O) groups excluding carboxylic acids is 1. The third-order valence-electron chi connectivity index (χ3n) is 3.69. The zero-order chi connectivity index (χ0) is 13.7. The number of aryl methyl sites for hydroxylation is 1. The van der Waals surface area contributed by atoms with Gasteiger partial charge in [0.25, 0.3) is 0 Å². The first-order valence-corrected chi connectivity index (χ1v) is 7.30. The maximum Gasteiger partial charge on any atom is 0.222 e. The fraction of sp³-hybridized carbons (Fsp3) is 0.714. The van der Waals surface area contributed by atoms with Crippen LogP contribution in [0.5, 0.6) is 0 Å². The van der Waals surface area contributed by atoms with E-state index in [0.29, 0.717) is 12.3 Å². The number of unbranched alkanes of at least 4 members (excludes halogenated alkanes) is 1. The highest BCUT2D eigenvalue weighted by molar-refractivity contribution is 5.76. The van der Waals surface area contributed by atoms with Crippen LogP contribution in [-0.2, 0) is 11.3 Å². The molecule has 0 N–H and O–H groups in total. The molecule has 0 aliphatic carbocycles. The molecule has 1 amide bonds. The van der Waals surface area contributed by atoms with Gasteiger partial charge in [-0.25, -0.2) is 4.98 Å². The van der Waals surface area contributed by atoms with E-state index in [9.17, 15) is 4.79 Å². The van der Waals surface area contributed by atoms with Crippen molar-refractivity contribution in [1.82, 2.24) is 14.5 Å². The SMILES string of the molecule is CCCCC(=O)N1CCN(c2nccn2CC)CC1. The minimum atomic E-state index is 0.306. The molecule has 0 saturated carbocycles. The van der Waals surface area contributed by atoms with Crippen LogP contribution in [0.4, 0.5) is 5.95 Å². The van der Waals surface area contributed by atoms with Crippen LogP contribution in [0.3, 0.4) is 0 Å². The van der Waals surface area contributed by atoms with E-state index in [2.05, 4.69) is 28.3 Å². The van der Waals surface area contributed by atoms with E-state index >= 15 is 0 Å². The Balaban J connectivity index is 1.87. The number of piperazine rings is 1.